The number of carbonyl (C=O) groups is 1. The number of hydrogen-bond donors (Lipinski definition) is 1. The summed E-state index contributed by atoms with van der Waals surface area (Å²) in [5.41, 5.74) is 0.0978. The van der Waals surface area contributed by atoms with Crippen LogP contribution in [0, 0.1) is 11.2 Å². The fraction of sp³-hybridized carbons (Fsp3) is 0.650. The van der Waals surface area contributed by atoms with Crippen molar-refractivity contribution in [2.45, 2.75) is 56.7 Å². The Kier molecular flexibility index (Phi) is 4.12. The van der Waals surface area contributed by atoms with E-state index in [9.17, 15) is 14.3 Å². The highest BCUT2D eigenvalue weighted by atomic mass is 19.1. The van der Waals surface area contributed by atoms with Crippen LogP contribution in [0.3, 0.4) is 0 Å². The Bertz CT molecular complexity index is 663. The summed E-state index contributed by atoms with van der Waals surface area (Å²) in [5, 5.41) is 10.3. The number of aliphatic hydroxyl groups is 1. The number of amides is 1. The topological polar surface area (TPSA) is 49.8 Å². The lowest BCUT2D eigenvalue weighted by Gasteiger charge is -2.56. The predicted octanol–water partition coefficient (Wildman–Crippen LogP) is 2.64. The molecule has 1 saturated heterocycles. The molecule has 2 saturated carbocycles. The van der Waals surface area contributed by atoms with Gasteiger partial charge < -0.3 is 14.7 Å². The van der Waals surface area contributed by atoms with Crippen molar-refractivity contribution in [3.63, 3.8) is 0 Å². The van der Waals surface area contributed by atoms with Crippen molar-refractivity contribution in [3.05, 3.63) is 35.6 Å². The first-order valence-electron chi connectivity index (χ1n) is 9.37. The number of benzene rings is 1. The largest absolute Gasteiger partial charge is 0.392 e. The number of carbonyl (C=O) groups excluding carboxylic acids is 1. The zero-order valence-corrected chi connectivity index (χ0v) is 14.7. The van der Waals surface area contributed by atoms with Crippen LogP contribution in [0.1, 0.15) is 44.6 Å². The van der Waals surface area contributed by atoms with E-state index in [-0.39, 0.29) is 29.3 Å². The minimum absolute atomic E-state index is 0.114. The van der Waals surface area contributed by atoms with Crippen LogP contribution in [0.15, 0.2) is 24.3 Å². The zero-order valence-electron chi connectivity index (χ0n) is 14.7. The van der Waals surface area contributed by atoms with Gasteiger partial charge >= 0.3 is 0 Å². The maximum Gasteiger partial charge on any atom is 0.233 e. The third-order valence-electron chi connectivity index (χ3n) is 6.63. The Labute approximate surface area is 148 Å². The second-order valence-electron chi connectivity index (χ2n) is 7.81. The van der Waals surface area contributed by atoms with E-state index in [0.717, 1.165) is 31.2 Å². The first-order chi connectivity index (χ1) is 12.0. The van der Waals surface area contributed by atoms with Gasteiger partial charge in [0.1, 0.15) is 5.82 Å². The Morgan fingerprint density at radius 3 is 2.60 bits per heavy atom. The van der Waals surface area contributed by atoms with E-state index in [1.807, 2.05) is 17.9 Å². The molecule has 5 heteroatoms. The van der Waals surface area contributed by atoms with Crippen LogP contribution in [0.25, 0.3) is 0 Å². The Balaban J connectivity index is 1.45. The van der Waals surface area contributed by atoms with Gasteiger partial charge in [-0.1, -0.05) is 12.1 Å². The van der Waals surface area contributed by atoms with Crippen LogP contribution < -0.4 is 0 Å². The predicted molar refractivity (Wildman–Crippen MR) is 91.6 cm³/mol. The Morgan fingerprint density at radius 2 is 2.04 bits per heavy atom. The number of halogens is 1. The van der Waals surface area contributed by atoms with Gasteiger partial charge in [-0.25, -0.2) is 4.39 Å². The molecule has 0 unspecified atom stereocenters. The van der Waals surface area contributed by atoms with E-state index in [1.54, 1.807) is 6.07 Å². The summed E-state index contributed by atoms with van der Waals surface area (Å²) in [6, 6.07) is 6.46. The third-order valence-corrected chi connectivity index (χ3v) is 6.63. The van der Waals surface area contributed by atoms with Gasteiger partial charge in [0.15, 0.2) is 0 Å². The highest BCUT2D eigenvalue weighted by Crippen LogP contribution is 2.53. The van der Waals surface area contributed by atoms with Crippen LogP contribution in [0.2, 0.25) is 0 Å². The minimum Gasteiger partial charge on any atom is -0.392 e. The smallest absolute Gasteiger partial charge is 0.233 e. The van der Waals surface area contributed by atoms with Crippen LogP contribution >= 0.6 is 0 Å². The summed E-state index contributed by atoms with van der Waals surface area (Å²) in [4.78, 5) is 15.0. The zero-order chi connectivity index (χ0) is 17.7. The molecule has 2 aliphatic carbocycles. The van der Waals surface area contributed by atoms with E-state index >= 15 is 0 Å². The van der Waals surface area contributed by atoms with Crippen LogP contribution in [0.5, 0.6) is 0 Å². The Morgan fingerprint density at radius 1 is 1.32 bits per heavy atom. The van der Waals surface area contributed by atoms with Crippen molar-refractivity contribution < 1.29 is 19.0 Å². The molecule has 3 aliphatic rings. The van der Waals surface area contributed by atoms with Crippen molar-refractivity contribution in [1.29, 1.82) is 0 Å². The normalized spacial score (nSPS) is 29.3. The lowest BCUT2D eigenvalue weighted by molar-refractivity contribution is -0.210. The third kappa shape index (κ3) is 2.59. The van der Waals surface area contributed by atoms with Gasteiger partial charge in [-0.2, -0.15) is 0 Å². The number of hydrogen-bond acceptors (Lipinski definition) is 3. The monoisotopic (exact) mass is 347 g/mol. The van der Waals surface area contributed by atoms with Crippen LogP contribution in [0.4, 0.5) is 4.39 Å². The summed E-state index contributed by atoms with van der Waals surface area (Å²) in [7, 11) is 0. The molecule has 3 fully saturated rings. The molecule has 136 valence electrons. The molecule has 2 atom stereocenters. The van der Waals surface area contributed by atoms with Crippen LogP contribution in [-0.2, 0) is 14.9 Å². The summed E-state index contributed by atoms with van der Waals surface area (Å²) in [6.07, 6.45) is 3.65. The molecule has 4 nitrogen and oxygen atoms in total. The molecule has 1 spiro atoms. The number of piperidine rings is 1. The molecule has 0 aromatic heterocycles. The second kappa shape index (κ2) is 6.06. The van der Waals surface area contributed by atoms with E-state index < -0.39 is 5.41 Å². The van der Waals surface area contributed by atoms with E-state index in [1.165, 1.54) is 12.1 Å². The molecule has 1 aliphatic heterocycles. The molecule has 1 aromatic carbocycles. The molecule has 1 N–H and O–H groups in total. The highest BCUT2D eigenvalue weighted by molar-refractivity contribution is 5.91. The fourth-order valence-electron chi connectivity index (χ4n) is 4.78. The molecular formula is C20H26FNO3. The van der Waals surface area contributed by atoms with Crippen molar-refractivity contribution in [2.24, 2.45) is 5.41 Å². The standard InChI is InChI=1S/C20H26FNO3/c1-2-25-17-13-16(23)20(17)8-10-22(11-9-20)18(24)19(6-7-19)14-4-3-5-15(21)12-14/h3-5,12,16-17,23H,2,6-11,13H2,1H3/t16-,17+/m1/s1. The number of ether oxygens (including phenoxy) is 1. The summed E-state index contributed by atoms with van der Waals surface area (Å²) < 4.78 is 19.4. The van der Waals surface area contributed by atoms with Gasteiger partial charge in [0.05, 0.1) is 17.6 Å². The number of likely N-dealkylation sites (tertiary alicyclic amines) is 1. The quantitative estimate of drug-likeness (QED) is 0.911. The minimum atomic E-state index is -0.524. The van der Waals surface area contributed by atoms with Crippen molar-refractivity contribution in [2.75, 3.05) is 19.7 Å². The molecular weight excluding hydrogens is 321 g/mol. The summed E-state index contributed by atoms with van der Waals surface area (Å²) in [5.74, 6) is -0.166. The van der Waals surface area contributed by atoms with Gasteiger partial charge in [0.25, 0.3) is 0 Å². The van der Waals surface area contributed by atoms with Gasteiger partial charge in [-0.15, -0.1) is 0 Å². The van der Waals surface area contributed by atoms with Crippen LogP contribution in [-0.4, -0.2) is 47.8 Å². The molecule has 0 bridgehead atoms. The van der Waals surface area contributed by atoms with Gasteiger partial charge in [0.2, 0.25) is 5.91 Å². The first-order valence-corrected chi connectivity index (χ1v) is 9.37. The molecule has 1 aromatic rings. The fourth-order valence-corrected chi connectivity index (χ4v) is 4.78. The maximum absolute atomic E-state index is 13.6. The molecule has 0 radical (unpaired) electrons. The van der Waals surface area contributed by atoms with Gasteiger partial charge in [-0.3, -0.25) is 4.79 Å². The van der Waals surface area contributed by atoms with Gasteiger partial charge in [0, 0.05) is 31.5 Å². The number of aliphatic hydroxyl groups excluding tert-OH is 1. The molecule has 25 heavy (non-hydrogen) atoms. The average Bonchev–Trinajstić information content (AvgIpc) is 3.43. The SMILES string of the molecule is CCO[C@H]1C[C@@H](O)C12CCN(C(=O)C1(c3cccc(F)c3)CC1)CC2. The van der Waals surface area contributed by atoms with E-state index in [0.29, 0.717) is 26.1 Å². The van der Waals surface area contributed by atoms with Crippen molar-refractivity contribution in [3.8, 4) is 0 Å². The summed E-state index contributed by atoms with van der Waals surface area (Å²) >= 11 is 0. The number of rotatable bonds is 4. The van der Waals surface area contributed by atoms with Crippen molar-refractivity contribution >= 4 is 5.91 Å². The van der Waals surface area contributed by atoms with E-state index in [2.05, 4.69) is 0 Å². The maximum atomic E-state index is 13.6. The molecule has 1 heterocycles. The number of nitrogens with zero attached hydrogens (tertiary/aromatic N) is 1. The highest BCUT2D eigenvalue weighted by Gasteiger charge is 2.58. The summed E-state index contributed by atoms with van der Waals surface area (Å²) in [6.45, 7) is 3.93. The van der Waals surface area contributed by atoms with Crippen molar-refractivity contribution in [1.82, 2.24) is 4.90 Å². The lowest BCUT2D eigenvalue weighted by atomic mass is 9.58. The van der Waals surface area contributed by atoms with E-state index in [4.69, 9.17) is 4.74 Å². The Hall–Kier alpha value is -1.46. The average molecular weight is 347 g/mol. The first kappa shape index (κ1) is 17.0. The second-order valence-corrected chi connectivity index (χ2v) is 7.81. The molecule has 4 rings (SSSR count). The van der Waals surface area contributed by atoms with Gasteiger partial charge in [-0.05, 0) is 50.3 Å². The lowest BCUT2D eigenvalue weighted by Crippen LogP contribution is -2.63. The molecule has 1 amide bonds.